The van der Waals surface area contributed by atoms with Crippen LogP contribution < -0.4 is 5.32 Å². The molecule has 0 saturated carbocycles. The summed E-state index contributed by atoms with van der Waals surface area (Å²) in [6, 6.07) is -0.833. The second kappa shape index (κ2) is 43.8. The molecular formula is C54H97NO8. The normalized spacial score (nSPS) is 20.7. The minimum atomic E-state index is -1.58. The van der Waals surface area contributed by atoms with Gasteiger partial charge in [-0.05, 0) is 64.2 Å². The molecule has 6 N–H and O–H groups in total. The number of nitrogens with one attached hydrogen (secondary N) is 1. The van der Waals surface area contributed by atoms with Crippen LogP contribution in [-0.2, 0) is 14.3 Å². The molecule has 0 aromatic rings. The van der Waals surface area contributed by atoms with Gasteiger partial charge in [0.2, 0.25) is 5.91 Å². The fraction of sp³-hybridized carbons (Fsp3) is 0.796. The Labute approximate surface area is 386 Å². The largest absolute Gasteiger partial charge is 0.394 e. The van der Waals surface area contributed by atoms with Crippen molar-refractivity contribution >= 4 is 5.91 Å². The summed E-state index contributed by atoms with van der Waals surface area (Å²) in [6.45, 7) is 3.64. The van der Waals surface area contributed by atoms with Crippen molar-refractivity contribution in [2.75, 3.05) is 13.2 Å². The van der Waals surface area contributed by atoms with E-state index in [-0.39, 0.29) is 12.5 Å². The van der Waals surface area contributed by atoms with Gasteiger partial charge in [0, 0.05) is 6.42 Å². The predicted molar refractivity (Wildman–Crippen MR) is 262 cm³/mol. The number of carbonyl (C=O) groups is 1. The van der Waals surface area contributed by atoms with Gasteiger partial charge in [-0.3, -0.25) is 4.79 Å². The third kappa shape index (κ3) is 33.9. The standard InChI is InChI=1S/C54H97NO8/c1-3-5-7-9-11-13-15-17-19-20-21-22-23-24-25-26-27-28-30-31-33-35-37-39-41-43-48(57)47(46-62-54-53(61)52(60)51(59)49(45-56)63-54)55-50(58)44-42-40-38-36-34-32-29-18-16-14-12-10-8-6-4-2/h6,8,12,14,18,29,33,35,41,43,47-49,51-54,56-57,59-61H,3-5,7,9-11,13,15-17,19-28,30-32,34,36-40,42,44-46H2,1-2H3,(H,55,58)/b8-6-,14-12-,29-18-,35-33+,43-41+. The van der Waals surface area contributed by atoms with Gasteiger partial charge < -0.3 is 40.3 Å². The van der Waals surface area contributed by atoms with Gasteiger partial charge >= 0.3 is 0 Å². The summed E-state index contributed by atoms with van der Waals surface area (Å²) in [5, 5.41) is 54.3. The number of carbonyl (C=O) groups excluding carboxylic acids is 1. The maximum atomic E-state index is 13.0. The molecule has 9 heteroatoms. The minimum Gasteiger partial charge on any atom is -0.394 e. The van der Waals surface area contributed by atoms with E-state index in [1.165, 1.54) is 122 Å². The zero-order valence-corrected chi connectivity index (χ0v) is 40.3. The first-order valence-corrected chi connectivity index (χ1v) is 26.0. The molecule has 1 rings (SSSR count). The van der Waals surface area contributed by atoms with E-state index in [9.17, 15) is 30.3 Å². The van der Waals surface area contributed by atoms with Crippen molar-refractivity contribution in [3.05, 3.63) is 60.8 Å². The van der Waals surface area contributed by atoms with Gasteiger partial charge in [0.15, 0.2) is 6.29 Å². The Bertz CT molecular complexity index is 1170. The average molecular weight is 888 g/mol. The molecule has 1 fully saturated rings. The third-order valence-corrected chi connectivity index (χ3v) is 12.1. The number of aliphatic hydroxyl groups excluding tert-OH is 5. The molecule has 1 amide bonds. The number of amides is 1. The molecule has 1 saturated heterocycles. The molecule has 0 aliphatic carbocycles. The van der Waals surface area contributed by atoms with Crippen LogP contribution in [0.4, 0.5) is 0 Å². The van der Waals surface area contributed by atoms with Crippen LogP contribution >= 0.6 is 0 Å². The highest BCUT2D eigenvalue weighted by Crippen LogP contribution is 2.23. The Kier molecular flexibility index (Phi) is 40.9. The summed E-state index contributed by atoms with van der Waals surface area (Å²) < 4.78 is 11.2. The van der Waals surface area contributed by atoms with E-state index in [0.717, 1.165) is 77.0 Å². The molecule has 7 unspecified atom stereocenters. The topological polar surface area (TPSA) is 149 Å². The summed E-state index contributed by atoms with van der Waals surface area (Å²) in [5.41, 5.74) is 0. The van der Waals surface area contributed by atoms with E-state index in [0.29, 0.717) is 6.42 Å². The van der Waals surface area contributed by atoms with E-state index < -0.39 is 49.5 Å². The van der Waals surface area contributed by atoms with Crippen molar-refractivity contribution in [3.8, 4) is 0 Å². The lowest BCUT2D eigenvalue weighted by molar-refractivity contribution is -0.302. The van der Waals surface area contributed by atoms with Gasteiger partial charge in [0.25, 0.3) is 0 Å². The number of allylic oxidation sites excluding steroid dienone is 9. The van der Waals surface area contributed by atoms with Crippen LogP contribution in [0.3, 0.4) is 0 Å². The van der Waals surface area contributed by atoms with Gasteiger partial charge in [0.1, 0.15) is 24.4 Å². The highest BCUT2D eigenvalue weighted by Gasteiger charge is 2.44. The van der Waals surface area contributed by atoms with E-state index in [4.69, 9.17) is 9.47 Å². The van der Waals surface area contributed by atoms with E-state index in [1.54, 1.807) is 6.08 Å². The lowest BCUT2D eigenvalue weighted by atomic mass is 9.99. The Morgan fingerprint density at radius 1 is 0.556 bits per heavy atom. The van der Waals surface area contributed by atoms with Crippen LogP contribution in [0.2, 0.25) is 0 Å². The molecule has 1 aliphatic heterocycles. The summed E-state index contributed by atoms with van der Waals surface area (Å²) in [4.78, 5) is 13.0. The lowest BCUT2D eigenvalue weighted by Gasteiger charge is -2.40. The highest BCUT2D eigenvalue weighted by atomic mass is 16.7. The van der Waals surface area contributed by atoms with Gasteiger partial charge in [0.05, 0.1) is 25.4 Å². The molecule has 0 radical (unpaired) electrons. The first-order valence-electron chi connectivity index (χ1n) is 26.0. The number of unbranched alkanes of at least 4 members (excludes halogenated alkanes) is 25. The molecule has 0 aromatic heterocycles. The summed E-state index contributed by atoms with van der Waals surface area (Å²) in [5.74, 6) is -0.205. The molecule has 7 atom stereocenters. The molecular weight excluding hydrogens is 791 g/mol. The smallest absolute Gasteiger partial charge is 0.220 e. The summed E-state index contributed by atoms with van der Waals surface area (Å²) >= 11 is 0. The van der Waals surface area contributed by atoms with Crippen LogP contribution in [-0.4, -0.2) is 87.5 Å². The van der Waals surface area contributed by atoms with Crippen LogP contribution in [0.5, 0.6) is 0 Å². The molecule has 63 heavy (non-hydrogen) atoms. The molecule has 0 spiro atoms. The van der Waals surface area contributed by atoms with Crippen molar-refractivity contribution in [2.24, 2.45) is 0 Å². The monoisotopic (exact) mass is 888 g/mol. The quantitative estimate of drug-likeness (QED) is 0.0262. The fourth-order valence-corrected chi connectivity index (χ4v) is 7.95. The van der Waals surface area contributed by atoms with Crippen molar-refractivity contribution in [1.29, 1.82) is 0 Å². The van der Waals surface area contributed by atoms with Crippen molar-refractivity contribution in [2.45, 2.75) is 262 Å². The van der Waals surface area contributed by atoms with Gasteiger partial charge in [-0.1, -0.05) is 209 Å². The number of hydrogen-bond acceptors (Lipinski definition) is 8. The van der Waals surface area contributed by atoms with E-state index in [1.807, 2.05) is 6.08 Å². The summed E-state index contributed by atoms with van der Waals surface area (Å²) in [7, 11) is 0. The van der Waals surface area contributed by atoms with Gasteiger partial charge in [-0.2, -0.15) is 0 Å². The molecule has 366 valence electrons. The van der Waals surface area contributed by atoms with Crippen LogP contribution in [0.1, 0.15) is 219 Å². The van der Waals surface area contributed by atoms with Crippen LogP contribution in [0.25, 0.3) is 0 Å². The van der Waals surface area contributed by atoms with Crippen molar-refractivity contribution < 1.29 is 39.8 Å². The zero-order valence-electron chi connectivity index (χ0n) is 40.3. The van der Waals surface area contributed by atoms with E-state index in [2.05, 4.69) is 67.8 Å². The molecule has 9 nitrogen and oxygen atoms in total. The maximum Gasteiger partial charge on any atom is 0.220 e. The Hall–Kier alpha value is -2.11. The predicted octanol–water partition coefficient (Wildman–Crippen LogP) is 12.0. The average Bonchev–Trinajstić information content (AvgIpc) is 3.28. The second-order valence-corrected chi connectivity index (χ2v) is 17.9. The van der Waals surface area contributed by atoms with Crippen LogP contribution in [0.15, 0.2) is 60.8 Å². The molecule has 1 aliphatic rings. The number of ether oxygens (including phenoxy) is 2. The SMILES string of the molecule is CC/C=C\C/C=C\C/C=C\CCCCCCCC(=O)NC(COC1OC(CO)C(O)C(O)C1O)C(O)/C=C/CC/C=C/CCCCCCCCCCCCCCCCCCCCC. The first-order chi connectivity index (χ1) is 30.8. The van der Waals surface area contributed by atoms with Crippen molar-refractivity contribution in [3.63, 3.8) is 0 Å². The minimum absolute atomic E-state index is 0.205. The molecule has 1 heterocycles. The Morgan fingerprint density at radius 2 is 1.00 bits per heavy atom. The lowest BCUT2D eigenvalue weighted by Crippen LogP contribution is -2.60. The zero-order chi connectivity index (χ0) is 45.9. The number of aliphatic hydroxyl groups is 5. The third-order valence-electron chi connectivity index (χ3n) is 12.1. The molecule has 0 aromatic carbocycles. The maximum absolute atomic E-state index is 13.0. The van der Waals surface area contributed by atoms with Crippen molar-refractivity contribution in [1.82, 2.24) is 5.32 Å². The highest BCUT2D eigenvalue weighted by molar-refractivity contribution is 5.76. The first kappa shape index (κ1) is 58.9. The van der Waals surface area contributed by atoms with Crippen LogP contribution in [0, 0.1) is 0 Å². The number of hydrogen-bond donors (Lipinski definition) is 6. The van der Waals surface area contributed by atoms with Gasteiger partial charge in [-0.25, -0.2) is 0 Å². The Morgan fingerprint density at radius 3 is 1.52 bits per heavy atom. The van der Waals surface area contributed by atoms with Gasteiger partial charge in [-0.15, -0.1) is 0 Å². The number of rotatable bonds is 43. The Balaban J connectivity index is 2.30. The second-order valence-electron chi connectivity index (χ2n) is 17.9. The summed E-state index contributed by atoms with van der Waals surface area (Å²) in [6.07, 6.45) is 51.4. The fourth-order valence-electron chi connectivity index (χ4n) is 7.95. The molecule has 0 bridgehead atoms. The van der Waals surface area contributed by atoms with E-state index >= 15 is 0 Å².